The summed E-state index contributed by atoms with van der Waals surface area (Å²) in [5, 5.41) is 3.25. The maximum Gasteiger partial charge on any atom is 0.137 e. The zero-order valence-corrected chi connectivity index (χ0v) is 10.8. The maximum absolute atomic E-state index is 13.5. The first kappa shape index (κ1) is 12.0. The van der Waals surface area contributed by atoms with Gasteiger partial charge in [0, 0.05) is 18.6 Å². The predicted octanol–water partition coefficient (Wildman–Crippen LogP) is 2.89. The van der Waals surface area contributed by atoms with Crippen LogP contribution in [-0.2, 0) is 4.74 Å². The second-order valence-corrected chi connectivity index (χ2v) is 4.83. The SMILES string of the molecule is CNC(c1cccc(F)c1Br)C1CCOC1. The Morgan fingerprint density at radius 1 is 1.56 bits per heavy atom. The summed E-state index contributed by atoms with van der Waals surface area (Å²) in [6.07, 6.45) is 1.02. The van der Waals surface area contributed by atoms with E-state index in [0.717, 1.165) is 25.2 Å². The van der Waals surface area contributed by atoms with Gasteiger partial charge < -0.3 is 10.1 Å². The molecule has 16 heavy (non-hydrogen) atoms. The number of hydrogen-bond donors (Lipinski definition) is 1. The van der Waals surface area contributed by atoms with Crippen LogP contribution < -0.4 is 5.32 Å². The average Bonchev–Trinajstić information content (AvgIpc) is 2.79. The third-order valence-corrected chi connectivity index (χ3v) is 3.90. The molecule has 1 aliphatic rings. The molecule has 1 saturated heterocycles. The lowest BCUT2D eigenvalue weighted by Gasteiger charge is -2.23. The van der Waals surface area contributed by atoms with Gasteiger partial charge in [-0.3, -0.25) is 0 Å². The van der Waals surface area contributed by atoms with E-state index in [-0.39, 0.29) is 11.9 Å². The molecule has 1 aromatic rings. The minimum Gasteiger partial charge on any atom is -0.381 e. The van der Waals surface area contributed by atoms with Gasteiger partial charge in [0.2, 0.25) is 0 Å². The Morgan fingerprint density at radius 3 is 3.00 bits per heavy atom. The average molecular weight is 288 g/mol. The summed E-state index contributed by atoms with van der Waals surface area (Å²) >= 11 is 3.31. The van der Waals surface area contributed by atoms with E-state index in [1.54, 1.807) is 6.07 Å². The number of halogens is 2. The van der Waals surface area contributed by atoms with E-state index in [2.05, 4.69) is 21.2 Å². The van der Waals surface area contributed by atoms with Crippen molar-refractivity contribution in [3.8, 4) is 0 Å². The van der Waals surface area contributed by atoms with E-state index in [1.165, 1.54) is 6.07 Å². The van der Waals surface area contributed by atoms with Gasteiger partial charge in [0.05, 0.1) is 11.1 Å². The van der Waals surface area contributed by atoms with Gasteiger partial charge in [0.25, 0.3) is 0 Å². The minimum absolute atomic E-state index is 0.146. The number of nitrogens with one attached hydrogen (secondary N) is 1. The van der Waals surface area contributed by atoms with Crippen molar-refractivity contribution in [2.24, 2.45) is 5.92 Å². The second kappa shape index (κ2) is 5.25. The number of hydrogen-bond acceptors (Lipinski definition) is 2. The van der Waals surface area contributed by atoms with Gasteiger partial charge >= 0.3 is 0 Å². The first-order valence-corrected chi connectivity index (χ1v) is 6.22. The Bertz CT molecular complexity index is 366. The van der Waals surface area contributed by atoms with Crippen LogP contribution in [0.15, 0.2) is 22.7 Å². The molecule has 1 aliphatic heterocycles. The summed E-state index contributed by atoms with van der Waals surface area (Å²) in [5.41, 5.74) is 0.970. The molecule has 2 atom stereocenters. The van der Waals surface area contributed by atoms with E-state index in [4.69, 9.17) is 4.74 Å². The van der Waals surface area contributed by atoms with Crippen LogP contribution in [0.1, 0.15) is 18.0 Å². The number of rotatable bonds is 3. The van der Waals surface area contributed by atoms with Gasteiger partial charge in [-0.25, -0.2) is 4.39 Å². The van der Waals surface area contributed by atoms with Crippen molar-refractivity contribution in [3.05, 3.63) is 34.1 Å². The summed E-state index contributed by atoms with van der Waals surface area (Å²) in [5.74, 6) is 0.208. The van der Waals surface area contributed by atoms with Crippen molar-refractivity contribution < 1.29 is 9.13 Å². The minimum atomic E-state index is -0.211. The van der Waals surface area contributed by atoms with Crippen molar-refractivity contribution >= 4 is 15.9 Å². The van der Waals surface area contributed by atoms with E-state index >= 15 is 0 Å². The fraction of sp³-hybridized carbons (Fsp3) is 0.500. The van der Waals surface area contributed by atoms with E-state index in [0.29, 0.717) is 10.4 Å². The summed E-state index contributed by atoms with van der Waals surface area (Å²) in [6.45, 7) is 1.55. The lowest BCUT2D eigenvalue weighted by atomic mass is 9.92. The highest BCUT2D eigenvalue weighted by molar-refractivity contribution is 9.10. The topological polar surface area (TPSA) is 21.3 Å². The molecule has 1 N–H and O–H groups in total. The quantitative estimate of drug-likeness (QED) is 0.923. The summed E-state index contributed by atoms with van der Waals surface area (Å²) < 4.78 is 19.4. The first-order chi connectivity index (χ1) is 7.74. The van der Waals surface area contributed by atoms with Crippen LogP contribution in [0, 0.1) is 11.7 Å². The molecule has 0 amide bonds. The van der Waals surface area contributed by atoms with Crippen molar-refractivity contribution in [1.29, 1.82) is 0 Å². The lowest BCUT2D eigenvalue weighted by molar-refractivity contribution is 0.177. The van der Waals surface area contributed by atoms with Crippen molar-refractivity contribution in [2.75, 3.05) is 20.3 Å². The van der Waals surface area contributed by atoms with Crippen LogP contribution in [0.2, 0.25) is 0 Å². The highest BCUT2D eigenvalue weighted by Crippen LogP contribution is 2.33. The Hall–Kier alpha value is -0.450. The van der Waals surface area contributed by atoms with Crippen molar-refractivity contribution in [2.45, 2.75) is 12.5 Å². The fourth-order valence-corrected chi connectivity index (χ4v) is 2.73. The van der Waals surface area contributed by atoms with Gasteiger partial charge in [0.1, 0.15) is 5.82 Å². The molecular formula is C12H15BrFNO. The monoisotopic (exact) mass is 287 g/mol. The molecule has 0 spiro atoms. The third kappa shape index (κ3) is 2.29. The Labute approximate surface area is 103 Å². The van der Waals surface area contributed by atoms with Crippen LogP contribution >= 0.6 is 15.9 Å². The zero-order chi connectivity index (χ0) is 11.5. The molecule has 0 radical (unpaired) electrons. The molecule has 2 nitrogen and oxygen atoms in total. The Kier molecular flexibility index (Phi) is 3.95. The highest BCUT2D eigenvalue weighted by atomic mass is 79.9. The Balaban J connectivity index is 2.28. The van der Waals surface area contributed by atoms with Gasteiger partial charge in [0.15, 0.2) is 0 Å². The molecule has 1 fully saturated rings. The normalized spacial score (nSPS) is 22.3. The summed E-state index contributed by atoms with van der Waals surface area (Å²) in [7, 11) is 1.90. The van der Waals surface area contributed by atoms with Gasteiger partial charge in [-0.1, -0.05) is 12.1 Å². The van der Waals surface area contributed by atoms with Crippen LogP contribution in [0.25, 0.3) is 0 Å². The molecule has 0 aliphatic carbocycles. The molecule has 1 aromatic carbocycles. The van der Waals surface area contributed by atoms with Crippen LogP contribution in [-0.4, -0.2) is 20.3 Å². The molecule has 0 aromatic heterocycles. The van der Waals surface area contributed by atoms with Gasteiger partial charge in [-0.15, -0.1) is 0 Å². The molecule has 2 rings (SSSR count). The highest BCUT2D eigenvalue weighted by Gasteiger charge is 2.27. The lowest BCUT2D eigenvalue weighted by Crippen LogP contribution is -2.26. The molecule has 0 saturated carbocycles. The maximum atomic E-state index is 13.5. The van der Waals surface area contributed by atoms with Crippen molar-refractivity contribution in [1.82, 2.24) is 5.32 Å². The van der Waals surface area contributed by atoms with Crippen LogP contribution in [0.5, 0.6) is 0 Å². The Morgan fingerprint density at radius 2 is 2.38 bits per heavy atom. The van der Waals surface area contributed by atoms with E-state index in [9.17, 15) is 4.39 Å². The summed E-state index contributed by atoms with van der Waals surface area (Å²) in [6, 6.07) is 5.31. The largest absolute Gasteiger partial charge is 0.381 e. The predicted molar refractivity (Wildman–Crippen MR) is 64.8 cm³/mol. The standard InChI is InChI=1S/C12H15BrFNO/c1-15-12(8-5-6-16-7-8)9-3-2-4-10(14)11(9)13/h2-4,8,12,15H,5-7H2,1H3. The molecule has 4 heteroatoms. The molecular weight excluding hydrogens is 273 g/mol. The van der Waals surface area contributed by atoms with E-state index in [1.807, 2.05) is 13.1 Å². The third-order valence-electron chi connectivity index (χ3n) is 3.06. The molecule has 0 bridgehead atoms. The summed E-state index contributed by atoms with van der Waals surface area (Å²) in [4.78, 5) is 0. The van der Waals surface area contributed by atoms with Gasteiger partial charge in [-0.05, 0) is 41.0 Å². The fourth-order valence-electron chi connectivity index (χ4n) is 2.22. The number of benzene rings is 1. The second-order valence-electron chi connectivity index (χ2n) is 4.03. The molecule has 1 heterocycles. The first-order valence-electron chi connectivity index (χ1n) is 5.43. The zero-order valence-electron chi connectivity index (χ0n) is 9.17. The van der Waals surface area contributed by atoms with E-state index < -0.39 is 0 Å². The van der Waals surface area contributed by atoms with Crippen molar-refractivity contribution in [3.63, 3.8) is 0 Å². The molecule has 88 valence electrons. The smallest absolute Gasteiger partial charge is 0.137 e. The van der Waals surface area contributed by atoms with Crippen LogP contribution in [0.4, 0.5) is 4.39 Å². The van der Waals surface area contributed by atoms with Gasteiger partial charge in [-0.2, -0.15) is 0 Å². The van der Waals surface area contributed by atoms with Crippen LogP contribution in [0.3, 0.4) is 0 Å². The molecule has 2 unspecified atom stereocenters. The number of ether oxygens (including phenoxy) is 1.